The van der Waals surface area contributed by atoms with Crippen LogP contribution in [0.4, 0.5) is 8.78 Å². The van der Waals surface area contributed by atoms with Crippen LogP contribution in [0.15, 0.2) is 41.1 Å². The van der Waals surface area contributed by atoms with Gasteiger partial charge in [-0.3, -0.25) is 9.78 Å². The molecule has 1 heterocycles. The molecule has 0 saturated carbocycles. The maximum Gasteiger partial charge on any atom is 0.170 e. The average molecular weight is 312 g/mol. The van der Waals surface area contributed by atoms with Crippen LogP contribution in [-0.4, -0.2) is 10.8 Å². The summed E-state index contributed by atoms with van der Waals surface area (Å²) in [7, 11) is 0. The molecular formula is C13H8BrF2NO. The molecule has 0 aliphatic rings. The highest BCUT2D eigenvalue weighted by atomic mass is 79.9. The number of hydrogen-bond acceptors (Lipinski definition) is 2. The largest absolute Gasteiger partial charge is 0.294 e. The molecule has 0 amide bonds. The fourth-order valence-corrected chi connectivity index (χ4v) is 1.87. The van der Waals surface area contributed by atoms with Crippen LogP contribution in [0, 0.1) is 11.6 Å². The molecule has 92 valence electrons. The second kappa shape index (κ2) is 5.35. The number of hydrogen-bond donors (Lipinski definition) is 0. The van der Waals surface area contributed by atoms with E-state index in [1.807, 2.05) is 0 Å². The van der Waals surface area contributed by atoms with Crippen molar-refractivity contribution < 1.29 is 13.6 Å². The Hall–Kier alpha value is -1.62. The average Bonchev–Trinajstić information content (AvgIpc) is 2.33. The highest BCUT2D eigenvalue weighted by Gasteiger charge is 2.14. The van der Waals surface area contributed by atoms with Crippen molar-refractivity contribution >= 4 is 21.7 Å². The van der Waals surface area contributed by atoms with Crippen LogP contribution in [-0.2, 0) is 6.42 Å². The summed E-state index contributed by atoms with van der Waals surface area (Å²) in [6.45, 7) is 0. The van der Waals surface area contributed by atoms with Gasteiger partial charge in [0.05, 0.1) is 11.8 Å². The zero-order valence-electron chi connectivity index (χ0n) is 9.16. The quantitative estimate of drug-likeness (QED) is 0.811. The highest BCUT2D eigenvalue weighted by Crippen LogP contribution is 2.17. The third-order valence-corrected chi connectivity index (χ3v) is 2.93. The minimum Gasteiger partial charge on any atom is -0.294 e. The zero-order valence-corrected chi connectivity index (χ0v) is 10.7. The van der Waals surface area contributed by atoms with Gasteiger partial charge in [0.15, 0.2) is 11.6 Å². The molecule has 0 aliphatic carbocycles. The lowest BCUT2D eigenvalue weighted by Gasteiger charge is -2.04. The van der Waals surface area contributed by atoms with Crippen LogP contribution in [0.3, 0.4) is 0 Å². The van der Waals surface area contributed by atoms with Gasteiger partial charge in [0.2, 0.25) is 0 Å². The molecule has 1 aromatic heterocycles. The predicted octanol–water partition coefficient (Wildman–Crippen LogP) is 3.55. The molecule has 1 aromatic carbocycles. The van der Waals surface area contributed by atoms with Gasteiger partial charge < -0.3 is 0 Å². The van der Waals surface area contributed by atoms with E-state index >= 15 is 0 Å². The van der Waals surface area contributed by atoms with Gasteiger partial charge in [-0.2, -0.15) is 0 Å². The predicted molar refractivity (Wildman–Crippen MR) is 66.3 cm³/mol. The number of aromatic nitrogens is 1. The van der Waals surface area contributed by atoms with Gasteiger partial charge in [0, 0.05) is 17.1 Å². The first kappa shape index (κ1) is 12.8. The van der Waals surface area contributed by atoms with E-state index in [0.717, 1.165) is 6.20 Å². The minimum absolute atomic E-state index is 0.0766. The molecule has 5 heteroatoms. The molecule has 0 radical (unpaired) electrons. The van der Waals surface area contributed by atoms with Gasteiger partial charge in [-0.25, -0.2) is 8.78 Å². The number of carbonyl (C=O) groups is 1. The SMILES string of the molecule is O=C(Cc1ccc(Br)cc1F)c1ccncc1F. The Morgan fingerprint density at radius 3 is 2.67 bits per heavy atom. The first-order valence-corrected chi connectivity index (χ1v) is 5.94. The van der Waals surface area contributed by atoms with Crippen LogP contribution in [0.5, 0.6) is 0 Å². The maximum absolute atomic E-state index is 13.5. The first-order valence-electron chi connectivity index (χ1n) is 5.14. The molecule has 18 heavy (non-hydrogen) atoms. The van der Waals surface area contributed by atoms with E-state index in [0.29, 0.717) is 4.47 Å². The van der Waals surface area contributed by atoms with Crippen molar-refractivity contribution in [1.82, 2.24) is 4.98 Å². The molecule has 2 aromatic rings. The maximum atomic E-state index is 13.5. The van der Waals surface area contributed by atoms with Crippen molar-refractivity contribution in [1.29, 1.82) is 0 Å². The van der Waals surface area contributed by atoms with Crippen LogP contribution in [0.1, 0.15) is 15.9 Å². The molecule has 0 saturated heterocycles. The Balaban J connectivity index is 2.24. The lowest BCUT2D eigenvalue weighted by molar-refractivity contribution is 0.0988. The fourth-order valence-electron chi connectivity index (χ4n) is 1.53. The van der Waals surface area contributed by atoms with E-state index in [-0.39, 0.29) is 17.5 Å². The summed E-state index contributed by atoms with van der Waals surface area (Å²) >= 11 is 3.13. The van der Waals surface area contributed by atoms with Crippen molar-refractivity contribution in [2.24, 2.45) is 0 Å². The standard InChI is InChI=1S/C13H8BrF2NO/c14-9-2-1-8(11(15)6-9)5-13(18)10-3-4-17-7-12(10)16/h1-4,6-7H,5H2. The zero-order chi connectivity index (χ0) is 13.1. The number of ketones is 1. The lowest BCUT2D eigenvalue weighted by atomic mass is 10.0. The highest BCUT2D eigenvalue weighted by molar-refractivity contribution is 9.10. The Morgan fingerprint density at radius 1 is 1.22 bits per heavy atom. The van der Waals surface area contributed by atoms with E-state index in [1.54, 1.807) is 6.07 Å². The number of rotatable bonds is 3. The minimum atomic E-state index is -0.694. The Labute approximate surface area is 111 Å². The molecule has 0 N–H and O–H groups in total. The molecule has 0 aliphatic heterocycles. The van der Waals surface area contributed by atoms with Crippen molar-refractivity contribution in [2.75, 3.05) is 0 Å². The van der Waals surface area contributed by atoms with Crippen molar-refractivity contribution in [3.05, 3.63) is 63.9 Å². The number of benzene rings is 1. The van der Waals surface area contributed by atoms with E-state index in [1.165, 1.54) is 24.4 Å². The lowest BCUT2D eigenvalue weighted by Crippen LogP contribution is -2.07. The second-order valence-electron chi connectivity index (χ2n) is 3.69. The number of halogens is 3. The van der Waals surface area contributed by atoms with E-state index in [2.05, 4.69) is 20.9 Å². The van der Waals surface area contributed by atoms with Gasteiger partial charge >= 0.3 is 0 Å². The Kier molecular flexibility index (Phi) is 3.81. The van der Waals surface area contributed by atoms with Crippen LogP contribution >= 0.6 is 15.9 Å². The fraction of sp³-hybridized carbons (Fsp3) is 0.0769. The summed E-state index contributed by atoms with van der Waals surface area (Å²) in [6.07, 6.45) is 2.11. The monoisotopic (exact) mass is 311 g/mol. The van der Waals surface area contributed by atoms with E-state index in [9.17, 15) is 13.6 Å². The third-order valence-electron chi connectivity index (χ3n) is 2.44. The summed E-state index contributed by atoms with van der Waals surface area (Å²) < 4.78 is 27.5. The number of pyridine rings is 1. The number of carbonyl (C=O) groups excluding carboxylic acids is 1. The van der Waals surface area contributed by atoms with E-state index in [4.69, 9.17) is 0 Å². The number of nitrogens with zero attached hydrogens (tertiary/aromatic N) is 1. The molecule has 2 rings (SSSR count). The van der Waals surface area contributed by atoms with Crippen LogP contribution < -0.4 is 0 Å². The van der Waals surface area contributed by atoms with E-state index < -0.39 is 17.4 Å². The third kappa shape index (κ3) is 2.79. The van der Waals surface area contributed by atoms with Gasteiger partial charge in [0.25, 0.3) is 0 Å². The first-order chi connectivity index (χ1) is 8.58. The molecule has 0 fully saturated rings. The summed E-state index contributed by atoms with van der Waals surface area (Å²) in [5.41, 5.74) is 0.159. The van der Waals surface area contributed by atoms with Crippen molar-refractivity contribution in [3.63, 3.8) is 0 Å². The van der Waals surface area contributed by atoms with Gasteiger partial charge in [-0.1, -0.05) is 22.0 Å². The summed E-state index contributed by atoms with van der Waals surface area (Å²) in [5, 5.41) is 0. The van der Waals surface area contributed by atoms with Crippen LogP contribution in [0.2, 0.25) is 0 Å². The van der Waals surface area contributed by atoms with Crippen molar-refractivity contribution in [2.45, 2.75) is 6.42 Å². The molecule has 2 nitrogen and oxygen atoms in total. The topological polar surface area (TPSA) is 30.0 Å². The van der Waals surface area contributed by atoms with Gasteiger partial charge in [-0.15, -0.1) is 0 Å². The normalized spacial score (nSPS) is 10.4. The van der Waals surface area contributed by atoms with Crippen LogP contribution in [0.25, 0.3) is 0 Å². The van der Waals surface area contributed by atoms with Crippen molar-refractivity contribution in [3.8, 4) is 0 Å². The molecule has 0 unspecified atom stereocenters. The Bertz CT molecular complexity index is 601. The smallest absolute Gasteiger partial charge is 0.170 e. The Morgan fingerprint density at radius 2 is 2.00 bits per heavy atom. The second-order valence-corrected chi connectivity index (χ2v) is 4.61. The molecule has 0 spiro atoms. The molecular weight excluding hydrogens is 304 g/mol. The number of Topliss-reactive ketones (excluding diaryl/α,β-unsaturated/α-hetero) is 1. The van der Waals surface area contributed by atoms with Gasteiger partial charge in [0.1, 0.15) is 5.82 Å². The van der Waals surface area contributed by atoms with Gasteiger partial charge in [-0.05, 0) is 23.8 Å². The summed E-state index contributed by atoms with van der Waals surface area (Å²) in [5.74, 6) is -1.66. The summed E-state index contributed by atoms with van der Waals surface area (Å²) in [6, 6.07) is 5.69. The summed E-state index contributed by atoms with van der Waals surface area (Å²) in [4.78, 5) is 15.4. The molecule has 0 bridgehead atoms. The molecule has 0 atom stereocenters.